The van der Waals surface area contributed by atoms with E-state index in [0.29, 0.717) is 18.3 Å². The van der Waals surface area contributed by atoms with Gasteiger partial charge in [0, 0.05) is 19.8 Å². The van der Waals surface area contributed by atoms with Crippen LogP contribution in [-0.2, 0) is 4.79 Å². The summed E-state index contributed by atoms with van der Waals surface area (Å²) < 4.78 is 0. The summed E-state index contributed by atoms with van der Waals surface area (Å²) in [5.41, 5.74) is 0.791. The number of pyridine rings is 1. The van der Waals surface area contributed by atoms with E-state index >= 15 is 0 Å². The number of amides is 1. The number of hydrogen-bond donors (Lipinski definition) is 2. The molecule has 5 heteroatoms. The number of aromatic nitrogens is 1. The zero-order chi connectivity index (χ0) is 14.4. The first-order valence-electron chi connectivity index (χ1n) is 6.52. The molecule has 0 fully saturated rings. The lowest BCUT2D eigenvalue weighted by Crippen LogP contribution is -2.37. The molecule has 0 saturated carbocycles. The summed E-state index contributed by atoms with van der Waals surface area (Å²) in [5.74, 6) is 1.09. The average Bonchev–Trinajstić information content (AvgIpc) is 2.36. The molecule has 19 heavy (non-hydrogen) atoms. The van der Waals surface area contributed by atoms with Gasteiger partial charge in [0.2, 0.25) is 5.91 Å². The zero-order valence-corrected chi connectivity index (χ0v) is 12.1. The Hall–Kier alpha value is -1.62. The van der Waals surface area contributed by atoms with Gasteiger partial charge in [-0.05, 0) is 30.5 Å². The second-order valence-corrected chi connectivity index (χ2v) is 5.18. The molecule has 0 unspecified atom stereocenters. The van der Waals surface area contributed by atoms with Crippen molar-refractivity contribution in [1.29, 1.82) is 0 Å². The van der Waals surface area contributed by atoms with Gasteiger partial charge in [-0.15, -0.1) is 0 Å². The average molecular weight is 265 g/mol. The molecule has 1 rings (SSSR count). The molecule has 0 saturated heterocycles. The third-order valence-corrected chi connectivity index (χ3v) is 2.73. The van der Waals surface area contributed by atoms with Crippen LogP contribution in [0.15, 0.2) is 18.3 Å². The number of carbonyl (C=O) groups excluding carboxylic acids is 1. The van der Waals surface area contributed by atoms with E-state index in [2.05, 4.69) is 24.1 Å². The number of rotatable bonds is 6. The molecule has 0 bridgehead atoms. The molecule has 0 aliphatic heterocycles. The molecule has 0 aliphatic rings. The summed E-state index contributed by atoms with van der Waals surface area (Å²) in [6, 6.07) is 3.56. The Kier molecular flexibility index (Phi) is 5.76. The topological polar surface area (TPSA) is 65.5 Å². The summed E-state index contributed by atoms with van der Waals surface area (Å²) in [7, 11) is 1.81. The van der Waals surface area contributed by atoms with Crippen molar-refractivity contribution in [3.05, 3.63) is 23.9 Å². The van der Waals surface area contributed by atoms with Gasteiger partial charge in [-0.1, -0.05) is 13.8 Å². The van der Waals surface area contributed by atoms with E-state index in [0.717, 1.165) is 5.56 Å². The van der Waals surface area contributed by atoms with Crippen LogP contribution in [-0.4, -0.2) is 36.1 Å². The minimum absolute atomic E-state index is 0.0274. The molecule has 1 amide bonds. The van der Waals surface area contributed by atoms with Crippen molar-refractivity contribution >= 4 is 11.7 Å². The van der Waals surface area contributed by atoms with Crippen LogP contribution in [0.3, 0.4) is 0 Å². The molecule has 1 heterocycles. The lowest BCUT2D eigenvalue weighted by atomic mass is 10.2. The maximum atomic E-state index is 11.7. The van der Waals surface area contributed by atoms with Gasteiger partial charge in [0.25, 0.3) is 0 Å². The van der Waals surface area contributed by atoms with E-state index < -0.39 is 6.10 Å². The van der Waals surface area contributed by atoms with Crippen LogP contribution in [0, 0.1) is 5.92 Å². The zero-order valence-electron chi connectivity index (χ0n) is 12.1. The Morgan fingerprint density at radius 3 is 2.74 bits per heavy atom. The molecule has 2 N–H and O–H groups in total. The molecule has 0 radical (unpaired) electrons. The van der Waals surface area contributed by atoms with Crippen LogP contribution < -0.4 is 10.2 Å². The van der Waals surface area contributed by atoms with Crippen LogP contribution in [0.5, 0.6) is 0 Å². The minimum atomic E-state index is -0.537. The Labute approximate surface area is 114 Å². The summed E-state index contributed by atoms with van der Waals surface area (Å²) >= 11 is 0. The van der Waals surface area contributed by atoms with Crippen LogP contribution in [0.25, 0.3) is 0 Å². The maximum absolute atomic E-state index is 11.7. The van der Waals surface area contributed by atoms with Gasteiger partial charge in [-0.2, -0.15) is 0 Å². The first kappa shape index (κ1) is 15.4. The van der Waals surface area contributed by atoms with Crippen LogP contribution in [0.2, 0.25) is 0 Å². The molecular weight excluding hydrogens is 242 g/mol. The first-order valence-corrected chi connectivity index (χ1v) is 6.52. The Morgan fingerprint density at radius 2 is 2.16 bits per heavy atom. The van der Waals surface area contributed by atoms with Crippen LogP contribution >= 0.6 is 0 Å². The number of likely N-dealkylation sites (N-methyl/N-ethyl adjacent to an activating group) is 1. The first-order chi connectivity index (χ1) is 8.90. The van der Waals surface area contributed by atoms with Crippen molar-refractivity contribution in [3.63, 3.8) is 0 Å². The van der Waals surface area contributed by atoms with Crippen molar-refractivity contribution in [1.82, 2.24) is 10.3 Å². The fourth-order valence-corrected chi connectivity index (χ4v) is 1.57. The van der Waals surface area contributed by atoms with Gasteiger partial charge in [-0.25, -0.2) is 4.98 Å². The third-order valence-electron chi connectivity index (χ3n) is 2.73. The molecule has 1 atom stereocenters. The SMILES string of the molecule is CC(C)CNC(=O)CN(C)c1cc([C@H](C)O)ccn1. The van der Waals surface area contributed by atoms with Crippen LogP contribution in [0.4, 0.5) is 5.82 Å². The molecule has 1 aromatic rings. The van der Waals surface area contributed by atoms with Gasteiger partial charge < -0.3 is 15.3 Å². The Balaban J connectivity index is 2.60. The number of aliphatic hydroxyl groups is 1. The van der Waals surface area contributed by atoms with E-state index in [4.69, 9.17) is 0 Å². The molecular formula is C14H23N3O2. The second kappa shape index (κ2) is 7.09. The van der Waals surface area contributed by atoms with Gasteiger partial charge in [0.05, 0.1) is 12.6 Å². The van der Waals surface area contributed by atoms with Gasteiger partial charge >= 0.3 is 0 Å². The summed E-state index contributed by atoms with van der Waals surface area (Å²) in [5, 5.41) is 12.4. The highest BCUT2D eigenvalue weighted by Gasteiger charge is 2.10. The van der Waals surface area contributed by atoms with Crippen molar-refractivity contribution < 1.29 is 9.90 Å². The number of aliphatic hydroxyl groups excluding tert-OH is 1. The fraction of sp³-hybridized carbons (Fsp3) is 0.571. The monoisotopic (exact) mass is 265 g/mol. The highest BCUT2D eigenvalue weighted by molar-refractivity contribution is 5.80. The van der Waals surface area contributed by atoms with E-state index in [9.17, 15) is 9.90 Å². The second-order valence-electron chi connectivity index (χ2n) is 5.18. The van der Waals surface area contributed by atoms with Crippen molar-refractivity contribution in [2.75, 3.05) is 25.0 Å². The summed E-state index contributed by atoms with van der Waals surface area (Å²) in [4.78, 5) is 17.7. The molecule has 0 spiro atoms. The lowest BCUT2D eigenvalue weighted by molar-refractivity contribution is -0.119. The standard InChI is InChI=1S/C14H23N3O2/c1-10(2)8-16-14(19)9-17(4)13-7-12(11(3)18)5-6-15-13/h5-7,10-11,18H,8-9H2,1-4H3,(H,16,19)/t11-/m0/s1. The number of nitrogens with zero attached hydrogens (tertiary/aromatic N) is 2. The predicted molar refractivity (Wildman–Crippen MR) is 76.0 cm³/mol. The molecule has 1 aromatic heterocycles. The normalized spacial score (nSPS) is 12.3. The van der Waals surface area contributed by atoms with E-state index in [1.54, 1.807) is 30.2 Å². The van der Waals surface area contributed by atoms with Gasteiger partial charge in [0.15, 0.2) is 0 Å². The number of nitrogens with one attached hydrogen (secondary N) is 1. The smallest absolute Gasteiger partial charge is 0.239 e. The van der Waals surface area contributed by atoms with Crippen molar-refractivity contribution in [3.8, 4) is 0 Å². The summed E-state index contributed by atoms with van der Waals surface area (Å²) in [6.07, 6.45) is 1.10. The Morgan fingerprint density at radius 1 is 1.47 bits per heavy atom. The quantitative estimate of drug-likeness (QED) is 0.814. The van der Waals surface area contributed by atoms with Gasteiger partial charge in [0.1, 0.15) is 5.82 Å². The molecule has 106 valence electrons. The number of carbonyl (C=O) groups is 1. The van der Waals surface area contributed by atoms with Crippen molar-refractivity contribution in [2.45, 2.75) is 26.9 Å². The Bertz CT molecular complexity index is 419. The predicted octanol–water partition coefficient (Wildman–Crippen LogP) is 1.34. The summed E-state index contributed by atoms with van der Waals surface area (Å²) in [6.45, 7) is 6.74. The highest BCUT2D eigenvalue weighted by Crippen LogP contribution is 2.16. The van der Waals surface area contributed by atoms with E-state index in [1.807, 2.05) is 7.05 Å². The number of hydrogen-bond acceptors (Lipinski definition) is 4. The fourth-order valence-electron chi connectivity index (χ4n) is 1.57. The molecule has 0 aromatic carbocycles. The molecule has 0 aliphatic carbocycles. The lowest BCUT2D eigenvalue weighted by Gasteiger charge is -2.19. The molecule has 5 nitrogen and oxygen atoms in total. The van der Waals surface area contributed by atoms with Crippen LogP contribution in [0.1, 0.15) is 32.4 Å². The van der Waals surface area contributed by atoms with Gasteiger partial charge in [-0.3, -0.25) is 4.79 Å². The maximum Gasteiger partial charge on any atom is 0.239 e. The largest absolute Gasteiger partial charge is 0.389 e. The van der Waals surface area contributed by atoms with E-state index in [-0.39, 0.29) is 12.5 Å². The van der Waals surface area contributed by atoms with Crippen molar-refractivity contribution in [2.24, 2.45) is 5.92 Å². The number of anilines is 1. The highest BCUT2D eigenvalue weighted by atomic mass is 16.3. The third kappa shape index (κ3) is 5.26. The minimum Gasteiger partial charge on any atom is -0.389 e. The van der Waals surface area contributed by atoms with E-state index in [1.165, 1.54) is 0 Å².